The number of hydrogen-bond acceptors (Lipinski definition) is 8. The van der Waals surface area contributed by atoms with E-state index in [-0.39, 0.29) is 37.1 Å². The topological polar surface area (TPSA) is 126 Å². The zero-order valence-corrected chi connectivity index (χ0v) is 25.3. The van der Waals surface area contributed by atoms with E-state index in [9.17, 15) is 23.1 Å². The van der Waals surface area contributed by atoms with E-state index in [2.05, 4.69) is 16.5 Å². The predicted molar refractivity (Wildman–Crippen MR) is 161 cm³/mol. The maximum Gasteiger partial charge on any atom is 0.354 e. The van der Waals surface area contributed by atoms with Crippen molar-refractivity contribution in [1.82, 2.24) is 19.4 Å². The molecule has 0 bridgehead atoms. The number of phenols is 1. The lowest BCUT2D eigenvalue weighted by atomic mass is 9.99. The predicted octanol–water partition coefficient (Wildman–Crippen LogP) is 3.99. The highest BCUT2D eigenvalue weighted by molar-refractivity contribution is 7.91. The Morgan fingerprint density at radius 3 is 2.53 bits per heavy atom. The maximum absolute atomic E-state index is 17.1. The molecular weight excluding hydrogens is 611 g/mol. The molecule has 0 saturated carbocycles. The third-order valence-electron chi connectivity index (χ3n) is 8.28. The van der Waals surface area contributed by atoms with Crippen molar-refractivity contribution in [2.45, 2.75) is 37.6 Å². The number of benzene rings is 2. The van der Waals surface area contributed by atoms with Crippen LogP contribution >= 0.6 is 0 Å². The molecule has 1 N–H and O–H groups in total. The monoisotopic (exact) mass is 639 g/mol. The van der Waals surface area contributed by atoms with Gasteiger partial charge in [-0.05, 0) is 42.7 Å². The molecular formula is C31H28F3N5O5S. The Balaban J connectivity index is 1.84. The van der Waals surface area contributed by atoms with Crippen LogP contribution in [0, 0.1) is 24.4 Å². The molecule has 1 atom stereocenters. The van der Waals surface area contributed by atoms with Crippen molar-refractivity contribution in [3.63, 3.8) is 0 Å². The first kappa shape index (κ1) is 30.3. The summed E-state index contributed by atoms with van der Waals surface area (Å²) in [7, 11) is -4.69. The summed E-state index contributed by atoms with van der Waals surface area (Å²) in [6.45, 7) is 8.65. The molecule has 0 radical (unpaired) electrons. The Hall–Kier alpha value is -4.72. The van der Waals surface area contributed by atoms with Gasteiger partial charge in [-0.1, -0.05) is 26.5 Å². The molecule has 6 rings (SSSR count). The summed E-state index contributed by atoms with van der Waals surface area (Å²) in [5.74, 6) is -6.95. The van der Waals surface area contributed by atoms with E-state index in [1.807, 2.05) is 0 Å². The fourth-order valence-electron chi connectivity index (χ4n) is 6.28. The number of aryl methyl sites for hydroxylation is 1. The van der Waals surface area contributed by atoms with Gasteiger partial charge in [-0.15, -0.1) is 0 Å². The minimum Gasteiger partial charge on any atom is -0.507 e. The Kier molecular flexibility index (Phi) is 7.22. The highest BCUT2D eigenvalue weighted by Gasteiger charge is 2.43. The molecule has 4 heterocycles. The fraction of sp³-hybridized carbons (Fsp3) is 0.290. The number of halogens is 3. The van der Waals surface area contributed by atoms with Crippen LogP contribution in [-0.4, -0.2) is 70.3 Å². The highest BCUT2D eigenvalue weighted by atomic mass is 32.2. The molecule has 1 fully saturated rings. The lowest BCUT2D eigenvalue weighted by Crippen LogP contribution is -2.57. The van der Waals surface area contributed by atoms with Crippen molar-refractivity contribution < 1.29 is 31.5 Å². The van der Waals surface area contributed by atoms with Crippen LogP contribution < -0.4 is 10.6 Å². The summed E-state index contributed by atoms with van der Waals surface area (Å²) in [5.41, 5.74) is -2.83. The third kappa shape index (κ3) is 4.57. The number of aromatic nitrogens is 3. The second-order valence-electron chi connectivity index (χ2n) is 11.4. The number of phenolic OH excluding ortho intramolecular Hbond substituents is 1. The summed E-state index contributed by atoms with van der Waals surface area (Å²) in [5, 5.41) is 10.1. The van der Waals surface area contributed by atoms with Crippen molar-refractivity contribution in [2.24, 2.45) is 0 Å². The molecule has 1 saturated heterocycles. The average Bonchev–Trinajstić information content (AvgIpc) is 3.07. The zero-order valence-electron chi connectivity index (χ0n) is 24.5. The van der Waals surface area contributed by atoms with Gasteiger partial charge in [0.15, 0.2) is 21.5 Å². The van der Waals surface area contributed by atoms with Crippen LogP contribution in [0.25, 0.3) is 27.7 Å². The number of piperazine rings is 1. The van der Waals surface area contributed by atoms with Crippen molar-refractivity contribution in [1.29, 1.82) is 0 Å². The molecule has 2 aromatic heterocycles. The third-order valence-corrected chi connectivity index (χ3v) is 10.1. The molecule has 14 heteroatoms. The van der Waals surface area contributed by atoms with Gasteiger partial charge in [0.25, 0.3) is 0 Å². The van der Waals surface area contributed by atoms with E-state index >= 15 is 13.2 Å². The van der Waals surface area contributed by atoms with Crippen LogP contribution in [0.3, 0.4) is 0 Å². The van der Waals surface area contributed by atoms with Crippen molar-refractivity contribution in [2.75, 3.05) is 30.3 Å². The van der Waals surface area contributed by atoms with Crippen LogP contribution in [0.15, 0.2) is 52.8 Å². The van der Waals surface area contributed by atoms with Crippen molar-refractivity contribution in [3.05, 3.63) is 82.3 Å². The van der Waals surface area contributed by atoms with Crippen LogP contribution in [0.5, 0.6) is 5.75 Å². The van der Waals surface area contributed by atoms with Gasteiger partial charge in [-0.25, -0.2) is 26.4 Å². The molecule has 2 aliphatic heterocycles. The molecule has 0 spiro atoms. The summed E-state index contributed by atoms with van der Waals surface area (Å²) in [6.07, 6.45) is 2.58. The van der Waals surface area contributed by atoms with Gasteiger partial charge in [0.1, 0.15) is 22.3 Å². The highest BCUT2D eigenvalue weighted by Crippen LogP contribution is 2.46. The maximum atomic E-state index is 17.1. The fourth-order valence-corrected chi connectivity index (χ4v) is 8.11. The number of carbonyl (C=O) groups excluding carboxylic acids is 1. The number of aromatic hydroxyl groups is 1. The van der Waals surface area contributed by atoms with E-state index in [0.717, 1.165) is 28.8 Å². The average molecular weight is 640 g/mol. The second-order valence-corrected chi connectivity index (χ2v) is 13.3. The first-order valence-corrected chi connectivity index (χ1v) is 15.8. The number of anilines is 1. The zero-order chi connectivity index (χ0) is 32.5. The number of sulfone groups is 1. The number of pyridine rings is 1. The van der Waals surface area contributed by atoms with Crippen LogP contribution in [-0.2, 0) is 14.6 Å². The number of nitrogens with zero attached hydrogens (tertiary/aromatic N) is 5. The van der Waals surface area contributed by atoms with Gasteiger partial charge in [-0.3, -0.25) is 14.3 Å². The number of fused-ring (bicyclic) bond motifs is 2. The normalized spacial score (nSPS) is 17.4. The summed E-state index contributed by atoms with van der Waals surface area (Å²) in [4.78, 5) is 36.9. The largest absolute Gasteiger partial charge is 0.507 e. The molecule has 2 aliphatic rings. The summed E-state index contributed by atoms with van der Waals surface area (Å²) < 4.78 is 78.2. The molecule has 1 amide bonds. The number of rotatable bonds is 4. The molecule has 4 aromatic rings. The summed E-state index contributed by atoms with van der Waals surface area (Å²) >= 11 is 0. The lowest BCUT2D eigenvalue weighted by molar-refractivity contribution is -0.126. The minimum absolute atomic E-state index is 0.00693. The quantitative estimate of drug-likeness (QED) is 0.263. The van der Waals surface area contributed by atoms with Gasteiger partial charge in [0.05, 0.1) is 45.2 Å². The smallest absolute Gasteiger partial charge is 0.354 e. The first-order valence-electron chi connectivity index (χ1n) is 14.1. The van der Waals surface area contributed by atoms with E-state index in [4.69, 9.17) is 0 Å². The van der Waals surface area contributed by atoms with E-state index in [1.165, 1.54) is 16.0 Å². The van der Waals surface area contributed by atoms with Crippen molar-refractivity contribution in [3.8, 4) is 22.6 Å². The Bertz CT molecular complexity index is 2100. The minimum atomic E-state index is -4.69. The first-order chi connectivity index (χ1) is 21.3. The number of carbonyl (C=O) groups is 1. The number of hydrogen-bond donors (Lipinski definition) is 1. The van der Waals surface area contributed by atoms with Gasteiger partial charge in [0, 0.05) is 25.8 Å². The Morgan fingerprint density at radius 2 is 1.87 bits per heavy atom. The van der Waals surface area contributed by atoms with Crippen LogP contribution in [0.2, 0.25) is 0 Å². The van der Waals surface area contributed by atoms with Gasteiger partial charge >= 0.3 is 5.69 Å². The molecule has 10 nitrogen and oxygen atoms in total. The molecule has 45 heavy (non-hydrogen) atoms. The Morgan fingerprint density at radius 1 is 1.13 bits per heavy atom. The van der Waals surface area contributed by atoms with E-state index < -0.39 is 83.4 Å². The van der Waals surface area contributed by atoms with E-state index in [0.29, 0.717) is 11.3 Å². The van der Waals surface area contributed by atoms with Crippen LogP contribution in [0.1, 0.15) is 31.0 Å². The van der Waals surface area contributed by atoms with Gasteiger partial charge < -0.3 is 14.9 Å². The SMILES string of the molecule is C=CC(=O)N1CCN2c3nc(=O)n(-c4c(C)ccnc4C(C)C)c4c(F)c(-c5c(O)cccc5F)c(F)c(c34)S(=O)(=O)CC2C1. The molecule has 234 valence electrons. The standard InChI is InChI=1S/C31H28F3N5O5S/c1-5-20(41)37-11-12-38-17(13-37)14-45(43,44)29-23-28(24(33)22(25(29)34)21-18(32)7-6-8-19(21)40)39(31(42)36-30(23)38)27-16(4)9-10-35-26(27)15(2)3/h5-10,15,17,40H,1,11-14H2,2-4H3. The van der Waals surface area contributed by atoms with Gasteiger partial charge in [-0.2, -0.15) is 4.98 Å². The molecule has 0 aliphatic carbocycles. The van der Waals surface area contributed by atoms with E-state index in [1.54, 1.807) is 26.8 Å². The lowest BCUT2D eigenvalue weighted by Gasteiger charge is -2.41. The molecule has 1 unspecified atom stereocenters. The second kappa shape index (κ2) is 10.7. The summed E-state index contributed by atoms with van der Waals surface area (Å²) in [6, 6.07) is 3.57. The molecule has 2 aromatic carbocycles. The Labute approximate surface area is 256 Å². The number of amides is 1. The van der Waals surface area contributed by atoms with Crippen LogP contribution in [0.4, 0.5) is 19.0 Å². The van der Waals surface area contributed by atoms with Gasteiger partial charge in [0.2, 0.25) is 5.91 Å². The van der Waals surface area contributed by atoms with Crippen molar-refractivity contribution >= 4 is 32.5 Å².